The van der Waals surface area contributed by atoms with E-state index < -0.39 is 0 Å². The van der Waals surface area contributed by atoms with E-state index in [4.69, 9.17) is 5.73 Å². The molecular weight excluding hydrogens is 234 g/mol. The van der Waals surface area contributed by atoms with Gasteiger partial charge in [-0.1, -0.05) is 32.6 Å². The summed E-state index contributed by atoms with van der Waals surface area (Å²) in [6.07, 6.45) is 10.7. The summed E-state index contributed by atoms with van der Waals surface area (Å²) in [7, 11) is 0. The summed E-state index contributed by atoms with van der Waals surface area (Å²) in [5.41, 5.74) is 5.54. The standard InChI is InChI=1S/C16H35N3/c1-2-3-4-7-11-18-13-9-14-19(16-15-18)12-8-5-6-10-17/h2-17H2,1H3. The topological polar surface area (TPSA) is 32.5 Å². The minimum absolute atomic E-state index is 0.853. The van der Waals surface area contributed by atoms with Crippen LogP contribution in [0.25, 0.3) is 0 Å². The molecule has 2 N–H and O–H groups in total. The molecule has 1 rings (SSSR count). The van der Waals surface area contributed by atoms with Crippen LogP contribution in [0.5, 0.6) is 0 Å². The lowest BCUT2D eigenvalue weighted by Crippen LogP contribution is -2.32. The van der Waals surface area contributed by atoms with Crippen LogP contribution in [0.3, 0.4) is 0 Å². The average molecular weight is 269 g/mol. The highest BCUT2D eigenvalue weighted by molar-refractivity contribution is 4.69. The maximum atomic E-state index is 5.54. The second-order valence-electron chi connectivity index (χ2n) is 5.95. The molecule has 0 aromatic heterocycles. The minimum atomic E-state index is 0.853. The predicted octanol–water partition coefficient (Wildman–Crippen LogP) is 2.70. The van der Waals surface area contributed by atoms with E-state index in [0.717, 1.165) is 6.54 Å². The highest BCUT2D eigenvalue weighted by atomic mass is 15.2. The third-order valence-electron chi connectivity index (χ3n) is 4.19. The second kappa shape index (κ2) is 11.7. The van der Waals surface area contributed by atoms with Crippen LogP contribution in [0.2, 0.25) is 0 Å². The molecule has 0 aromatic rings. The smallest absolute Gasteiger partial charge is 0.0109 e. The Morgan fingerprint density at radius 1 is 0.737 bits per heavy atom. The molecule has 1 aliphatic heterocycles. The summed E-state index contributed by atoms with van der Waals surface area (Å²) in [5.74, 6) is 0. The van der Waals surface area contributed by atoms with E-state index in [1.54, 1.807) is 0 Å². The molecule has 19 heavy (non-hydrogen) atoms. The van der Waals surface area contributed by atoms with Gasteiger partial charge in [0.25, 0.3) is 0 Å². The lowest BCUT2D eigenvalue weighted by Gasteiger charge is -2.21. The van der Waals surface area contributed by atoms with Gasteiger partial charge in [0.05, 0.1) is 0 Å². The van der Waals surface area contributed by atoms with Gasteiger partial charge in [-0.15, -0.1) is 0 Å². The van der Waals surface area contributed by atoms with Crippen LogP contribution in [0.15, 0.2) is 0 Å². The molecule has 1 heterocycles. The van der Waals surface area contributed by atoms with E-state index in [1.165, 1.54) is 90.6 Å². The van der Waals surface area contributed by atoms with Crippen molar-refractivity contribution in [1.82, 2.24) is 9.80 Å². The Kier molecular flexibility index (Phi) is 10.4. The molecule has 3 nitrogen and oxygen atoms in total. The van der Waals surface area contributed by atoms with Crippen LogP contribution < -0.4 is 5.73 Å². The summed E-state index contributed by atoms with van der Waals surface area (Å²) >= 11 is 0. The van der Waals surface area contributed by atoms with Crippen molar-refractivity contribution >= 4 is 0 Å². The first-order valence-corrected chi connectivity index (χ1v) is 8.51. The first-order valence-electron chi connectivity index (χ1n) is 8.51. The molecule has 0 spiro atoms. The Bertz CT molecular complexity index is 176. The van der Waals surface area contributed by atoms with Gasteiger partial charge in [0.2, 0.25) is 0 Å². The average Bonchev–Trinajstić information content (AvgIpc) is 2.65. The Morgan fingerprint density at radius 3 is 1.84 bits per heavy atom. The van der Waals surface area contributed by atoms with Crippen LogP contribution in [-0.2, 0) is 0 Å². The van der Waals surface area contributed by atoms with Crippen molar-refractivity contribution in [2.24, 2.45) is 5.73 Å². The van der Waals surface area contributed by atoms with Crippen LogP contribution in [0, 0.1) is 0 Å². The summed E-state index contributed by atoms with van der Waals surface area (Å²) in [6, 6.07) is 0. The maximum Gasteiger partial charge on any atom is 0.0109 e. The van der Waals surface area contributed by atoms with Crippen molar-refractivity contribution in [2.75, 3.05) is 45.8 Å². The molecule has 1 saturated heterocycles. The van der Waals surface area contributed by atoms with Crippen LogP contribution in [0.1, 0.15) is 58.3 Å². The summed E-state index contributed by atoms with van der Waals surface area (Å²) < 4.78 is 0. The molecule has 3 heteroatoms. The van der Waals surface area contributed by atoms with Crippen LogP contribution in [-0.4, -0.2) is 55.6 Å². The van der Waals surface area contributed by atoms with Gasteiger partial charge in [0.15, 0.2) is 0 Å². The van der Waals surface area contributed by atoms with E-state index in [2.05, 4.69) is 16.7 Å². The first-order chi connectivity index (χ1) is 9.36. The lowest BCUT2D eigenvalue weighted by atomic mass is 10.2. The van der Waals surface area contributed by atoms with Gasteiger partial charge in [-0.05, 0) is 58.4 Å². The monoisotopic (exact) mass is 269 g/mol. The zero-order chi connectivity index (χ0) is 13.8. The summed E-state index contributed by atoms with van der Waals surface area (Å²) in [4.78, 5) is 5.33. The molecule has 0 radical (unpaired) electrons. The first kappa shape index (κ1) is 16.9. The zero-order valence-electron chi connectivity index (χ0n) is 13.1. The third-order valence-corrected chi connectivity index (χ3v) is 4.19. The molecule has 0 saturated carbocycles. The number of rotatable bonds is 10. The van der Waals surface area contributed by atoms with Crippen molar-refractivity contribution in [2.45, 2.75) is 58.3 Å². The Hall–Kier alpha value is -0.120. The van der Waals surface area contributed by atoms with Gasteiger partial charge in [0, 0.05) is 13.1 Å². The fourth-order valence-electron chi connectivity index (χ4n) is 2.89. The maximum absolute atomic E-state index is 5.54. The Morgan fingerprint density at radius 2 is 1.32 bits per heavy atom. The lowest BCUT2D eigenvalue weighted by molar-refractivity contribution is 0.250. The molecule has 0 bridgehead atoms. The molecule has 0 amide bonds. The van der Waals surface area contributed by atoms with Crippen molar-refractivity contribution in [3.8, 4) is 0 Å². The van der Waals surface area contributed by atoms with Crippen LogP contribution in [0.4, 0.5) is 0 Å². The van der Waals surface area contributed by atoms with Crippen molar-refractivity contribution < 1.29 is 0 Å². The zero-order valence-corrected chi connectivity index (χ0v) is 13.1. The van der Waals surface area contributed by atoms with E-state index in [0.29, 0.717) is 0 Å². The Balaban J connectivity index is 2.06. The number of hydrogen-bond donors (Lipinski definition) is 1. The van der Waals surface area contributed by atoms with Gasteiger partial charge in [0.1, 0.15) is 0 Å². The number of unbranched alkanes of at least 4 members (excludes halogenated alkanes) is 5. The molecule has 0 atom stereocenters. The Labute approximate surface area is 120 Å². The van der Waals surface area contributed by atoms with Gasteiger partial charge in [-0.25, -0.2) is 0 Å². The SMILES string of the molecule is CCCCCCN1CCCN(CCCCCN)CC1. The largest absolute Gasteiger partial charge is 0.330 e. The van der Waals surface area contributed by atoms with E-state index >= 15 is 0 Å². The van der Waals surface area contributed by atoms with E-state index in [9.17, 15) is 0 Å². The molecular formula is C16H35N3. The molecule has 0 unspecified atom stereocenters. The number of hydrogen-bond acceptors (Lipinski definition) is 3. The predicted molar refractivity (Wildman–Crippen MR) is 84.5 cm³/mol. The quantitative estimate of drug-likeness (QED) is 0.619. The molecule has 0 aromatic carbocycles. The highest BCUT2D eigenvalue weighted by Crippen LogP contribution is 2.07. The highest BCUT2D eigenvalue weighted by Gasteiger charge is 2.13. The third kappa shape index (κ3) is 8.61. The van der Waals surface area contributed by atoms with Crippen molar-refractivity contribution in [1.29, 1.82) is 0 Å². The van der Waals surface area contributed by atoms with Gasteiger partial charge >= 0.3 is 0 Å². The molecule has 1 fully saturated rings. The second-order valence-corrected chi connectivity index (χ2v) is 5.95. The van der Waals surface area contributed by atoms with E-state index in [-0.39, 0.29) is 0 Å². The fraction of sp³-hybridized carbons (Fsp3) is 1.00. The fourth-order valence-corrected chi connectivity index (χ4v) is 2.89. The summed E-state index contributed by atoms with van der Waals surface area (Å²) in [5, 5.41) is 0. The van der Waals surface area contributed by atoms with E-state index in [1.807, 2.05) is 0 Å². The molecule has 114 valence electrons. The van der Waals surface area contributed by atoms with Crippen LogP contribution >= 0.6 is 0 Å². The number of nitrogens with two attached hydrogens (primary N) is 1. The van der Waals surface area contributed by atoms with Gasteiger partial charge in [-0.2, -0.15) is 0 Å². The minimum Gasteiger partial charge on any atom is -0.330 e. The van der Waals surface area contributed by atoms with Crippen molar-refractivity contribution in [3.63, 3.8) is 0 Å². The van der Waals surface area contributed by atoms with Gasteiger partial charge in [-0.3, -0.25) is 0 Å². The van der Waals surface area contributed by atoms with Crippen molar-refractivity contribution in [3.05, 3.63) is 0 Å². The number of nitrogens with zero attached hydrogens (tertiary/aromatic N) is 2. The normalized spacial score (nSPS) is 18.6. The molecule has 1 aliphatic rings. The molecule has 0 aliphatic carbocycles. The van der Waals surface area contributed by atoms with Gasteiger partial charge < -0.3 is 15.5 Å². The summed E-state index contributed by atoms with van der Waals surface area (Å²) in [6.45, 7) is 10.9.